The SMILES string of the molecule is Cc1ccc(C[C@@H](C(=O)O)N2CCN(C(=O)[C@@H]3CN(C(C)(C)C)C[C@H]3c3ccc(F)cc3F)[C@@H](C)C2)c(F)c1. The van der Waals surface area contributed by atoms with Gasteiger partial charge in [-0.3, -0.25) is 19.4 Å². The van der Waals surface area contributed by atoms with E-state index in [2.05, 4.69) is 4.90 Å². The Hall–Kier alpha value is -2.91. The van der Waals surface area contributed by atoms with Crippen LogP contribution in [0.15, 0.2) is 36.4 Å². The first kappa shape index (κ1) is 29.1. The molecule has 0 unspecified atom stereocenters. The maximum Gasteiger partial charge on any atom is 0.321 e. The number of carbonyl (C=O) groups excluding carboxylic acids is 1. The number of nitrogens with zero attached hydrogens (tertiary/aromatic N) is 3. The van der Waals surface area contributed by atoms with Crippen LogP contribution in [0.3, 0.4) is 0 Å². The molecule has 2 aliphatic rings. The summed E-state index contributed by atoms with van der Waals surface area (Å²) in [7, 11) is 0. The molecule has 212 valence electrons. The number of likely N-dealkylation sites (tertiary alicyclic amines) is 1. The van der Waals surface area contributed by atoms with Crippen molar-refractivity contribution >= 4 is 11.9 Å². The van der Waals surface area contributed by atoms with Gasteiger partial charge in [0.2, 0.25) is 5.91 Å². The molecule has 0 saturated carbocycles. The van der Waals surface area contributed by atoms with Gasteiger partial charge in [-0.25, -0.2) is 13.2 Å². The average Bonchev–Trinajstić information content (AvgIpc) is 3.29. The third kappa shape index (κ3) is 6.30. The molecule has 4 rings (SSSR count). The molecule has 0 radical (unpaired) electrons. The number of carboxylic acid groups (broad SMARTS) is 1. The Balaban J connectivity index is 1.52. The number of halogens is 3. The summed E-state index contributed by atoms with van der Waals surface area (Å²) in [5.41, 5.74) is 1.20. The standard InChI is InChI=1S/C30H38F3N3O3/c1-18-6-7-20(25(32)12-18)13-27(29(38)39)34-10-11-36(19(2)15-34)28(37)24-17-35(30(3,4)5)16-23(24)22-9-8-21(31)14-26(22)33/h6-9,12,14,19,23-24,27H,10-11,13,15-17H2,1-5H3,(H,38,39)/t19-,23-,24+,27-/m0/s1. The Morgan fingerprint density at radius 1 is 1.00 bits per heavy atom. The molecule has 0 bridgehead atoms. The Bertz CT molecular complexity index is 1230. The number of aliphatic carboxylic acids is 1. The van der Waals surface area contributed by atoms with E-state index in [1.54, 1.807) is 28.9 Å². The lowest BCUT2D eigenvalue weighted by molar-refractivity contribution is -0.147. The Kier molecular flexibility index (Phi) is 8.42. The maximum absolute atomic E-state index is 14.9. The van der Waals surface area contributed by atoms with Crippen LogP contribution >= 0.6 is 0 Å². The van der Waals surface area contributed by atoms with E-state index in [9.17, 15) is 27.9 Å². The number of hydrogen-bond acceptors (Lipinski definition) is 4. The van der Waals surface area contributed by atoms with Crippen LogP contribution in [0.25, 0.3) is 0 Å². The number of carboxylic acids is 1. The summed E-state index contributed by atoms with van der Waals surface area (Å²) >= 11 is 0. The molecule has 6 nitrogen and oxygen atoms in total. The lowest BCUT2D eigenvalue weighted by atomic mass is 9.87. The van der Waals surface area contributed by atoms with Crippen LogP contribution in [0, 0.1) is 30.3 Å². The topological polar surface area (TPSA) is 64.1 Å². The van der Waals surface area contributed by atoms with Gasteiger partial charge in [0.05, 0.1) is 5.92 Å². The van der Waals surface area contributed by atoms with Gasteiger partial charge in [0.1, 0.15) is 23.5 Å². The molecule has 0 spiro atoms. The molecule has 0 aliphatic carbocycles. The third-order valence-corrected chi connectivity index (χ3v) is 8.24. The number of carbonyl (C=O) groups is 2. The second-order valence-corrected chi connectivity index (χ2v) is 12.0. The Morgan fingerprint density at radius 3 is 2.31 bits per heavy atom. The minimum atomic E-state index is -1.04. The number of benzene rings is 2. The van der Waals surface area contributed by atoms with Crippen LogP contribution in [0.4, 0.5) is 13.2 Å². The minimum absolute atomic E-state index is 0.0250. The molecule has 2 fully saturated rings. The number of rotatable bonds is 6. The predicted octanol–water partition coefficient (Wildman–Crippen LogP) is 4.45. The van der Waals surface area contributed by atoms with Crippen molar-refractivity contribution in [2.24, 2.45) is 5.92 Å². The van der Waals surface area contributed by atoms with Crippen molar-refractivity contribution in [3.8, 4) is 0 Å². The lowest BCUT2D eigenvalue weighted by Gasteiger charge is -2.43. The number of hydrogen-bond donors (Lipinski definition) is 1. The van der Waals surface area contributed by atoms with Crippen molar-refractivity contribution in [3.63, 3.8) is 0 Å². The third-order valence-electron chi connectivity index (χ3n) is 8.24. The van der Waals surface area contributed by atoms with Crippen LogP contribution in [0.2, 0.25) is 0 Å². The number of aryl methyl sites for hydroxylation is 1. The van der Waals surface area contributed by atoms with Gasteiger partial charge in [-0.05, 0) is 63.4 Å². The molecule has 0 aromatic heterocycles. The van der Waals surface area contributed by atoms with E-state index in [-0.39, 0.29) is 23.9 Å². The van der Waals surface area contributed by atoms with Crippen molar-refractivity contribution in [2.45, 2.75) is 64.6 Å². The van der Waals surface area contributed by atoms with Crippen molar-refractivity contribution < 1.29 is 27.9 Å². The first-order chi connectivity index (χ1) is 18.3. The fourth-order valence-electron chi connectivity index (χ4n) is 5.93. The normalized spacial score (nSPS) is 23.7. The van der Waals surface area contributed by atoms with Crippen LogP contribution in [0.1, 0.15) is 50.3 Å². The second kappa shape index (κ2) is 11.3. The average molecular weight is 546 g/mol. The summed E-state index contributed by atoms with van der Waals surface area (Å²) in [5, 5.41) is 9.97. The molecule has 39 heavy (non-hydrogen) atoms. The zero-order chi connectivity index (χ0) is 28.6. The predicted molar refractivity (Wildman–Crippen MR) is 143 cm³/mol. The molecule has 2 heterocycles. The van der Waals surface area contributed by atoms with Gasteiger partial charge in [0, 0.05) is 62.7 Å². The fourth-order valence-corrected chi connectivity index (χ4v) is 5.93. The van der Waals surface area contributed by atoms with E-state index >= 15 is 0 Å². The summed E-state index contributed by atoms with van der Waals surface area (Å²) in [5.74, 6) is -3.84. The van der Waals surface area contributed by atoms with E-state index in [1.807, 2.05) is 27.7 Å². The fraction of sp³-hybridized carbons (Fsp3) is 0.533. The summed E-state index contributed by atoms with van der Waals surface area (Å²) in [6.07, 6.45) is 0.0250. The van der Waals surface area contributed by atoms with Crippen LogP contribution in [0.5, 0.6) is 0 Å². The highest BCUT2D eigenvalue weighted by molar-refractivity contribution is 5.81. The van der Waals surface area contributed by atoms with Crippen molar-refractivity contribution in [3.05, 3.63) is 70.5 Å². The highest BCUT2D eigenvalue weighted by Gasteiger charge is 2.46. The summed E-state index contributed by atoms with van der Waals surface area (Å²) in [4.78, 5) is 31.8. The molecule has 1 N–H and O–H groups in total. The Morgan fingerprint density at radius 2 is 1.72 bits per heavy atom. The molecule has 2 aliphatic heterocycles. The highest BCUT2D eigenvalue weighted by atomic mass is 19.1. The van der Waals surface area contributed by atoms with Gasteiger partial charge >= 0.3 is 5.97 Å². The van der Waals surface area contributed by atoms with E-state index in [0.717, 1.165) is 11.6 Å². The summed E-state index contributed by atoms with van der Waals surface area (Å²) < 4.78 is 43.0. The molecule has 4 atom stereocenters. The van der Waals surface area contributed by atoms with Crippen molar-refractivity contribution in [1.82, 2.24) is 14.7 Å². The quantitative estimate of drug-likeness (QED) is 0.581. The molecule has 2 saturated heterocycles. The van der Waals surface area contributed by atoms with Crippen LogP contribution in [-0.2, 0) is 16.0 Å². The zero-order valence-electron chi connectivity index (χ0n) is 23.3. The molecule has 2 aromatic carbocycles. The first-order valence-corrected chi connectivity index (χ1v) is 13.5. The lowest BCUT2D eigenvalue weighted by Crippen LogP contribution is -2.59. The monoisotopic (exact) mass is 545 g/mol. The van der Waals surface area contributed by atoms with Gasteiger partial charge in [-0.1, -0.05) is 18.2 Å². The largest absolute Gasteiger partial charge is 0.480 e. The van der Waals surface area contributed by atoms with E-state index in [4.69, 9.17) is 0 Å². The first-order valence-electron chi connectivity index (χ1n) is 13.5. The number of amides is 1. The summed E-state index contributed by atoms with van der Waals surface area (Å²) in [6, 6.07) is 7.09. The maximum atomic E-state index is 14.9. The van der Waals surface area contributed by atoms with Gasteiger partial charge in [0.25, 0.3) is 0 Å². The van der Waals surface area contributed by atoms with Crippen LogP contribution in [-0.4, -0.2) is 82.0 Å². The zero-order valence-corrected chi connectivity index (χ0v) is 23.3. The minimum Gasteiger partial charge on any atom is -0.480 e. The van der Waals surface area contributed by atoms with Gasteiger partial charge in [-0.15, -0.1) is 0 Å². The molecule has 9 heteroatoms. The summed E-state index contributed by atoms with van der Waals surface area (Å²) in [6.45, 7) is 11.7. The van der Waals surface area contributed by atoms with Crippen molar-refractivity contribution in [1.29, 1.82) is 0 Å². The van der Waals surface area contributed by atoms with Gasteiger partial charge in [0.15, 0.2) is 0 Å². The van der Waals surface area contributed by atoms with Crippen LogP contribution < -0.4 is 0 Å². The van der Waals surface area contributed by atoms with Gasteiger partial charge < -0.3 is 10.0 Å². The molecular weight excluding hydrogens is 507 g/mol. The molecule has 2 aromatic rings. The van der Waals surface area contributed by atoms with Crippen molar-refractivity contribution in [2.75, 3.05) is 32.7 Å². The smallest absolute Gasteiger partial charge is 0.321 e. The van der Waals surface area contributed by atoms with E-state index in [0.29, 0.717) is 43.9 Å². The molecular formula is C30H38F3N3O3. The van der Waals surface area contributed by atoms with Gasteiger partial charge in [-0.2, -0.15) is 0 Å². The molecule has 1 amide bonds. The number of piperazine rings is 1. The van der Waals surface area contributed by atoms with E-state index < -0.39 is 41.3 Å². The second-order valence-electron chi connectivity index (χ2n) is 12.0. The highest BCUT2D eigenvalue weighted by Crippen LogP contribution is 2.39. The Labute approximate surface area is 228 Å². The van der Waals surface area contributed by atoms with E-state index in [1.165, 1.54) is 18.2 Å².